The monoisotopic (exact) mass is 337 g/mol. The van der Waals surface area contributed by atoms with E-state index in [0.717, 1.165) is 18.8 Å². The molecule has 2 aromatic carbocycles. The van der Waals surface area contributed by atoms with Gasteiger partial charge in [-0.05, 0) is 69.8 Å². The molecule has 0 aliphatic carbocycles. The van der Waals surface area contributed by atoms with E-state index in [2.05, 4.69) is 66.4 Å². The van der Waals surface area contributed by atoms with Crippen LogP contribution in [0.1, 0.15) is 43.2 Å². The Labute approximate surface area is 152 Å². The molecule has 1 aliphatic heterocycles. The van der Waals surface area contributed by atoms with E-state index in [4.69, 9.17) is 4.74 Å². The molecule has 1 saturated heterocycles. The normalized spacial score (nSPS) is 18.2. The lowest BCUT2D eigenvalue weighted by Gasteiger charge is -2.36. The summed E-state index contributed by atoms with van der Waals surface area (Å²) in [6.07, 6.45) is 7.62. The summed E-state index contributed by atoms with van der Waals surface area (Å²) in [5.74, 6) is 0.991. The Morgan fingerprint density at radius 1 is 0.960 bits per heavy atom. The summed E-state index contributed by atoms with van der Waals surface area (Å²) >= 11 is 0. The standard InChI is InChI=1S/C23H31NO/c1-20-12-14-23(15-13-20)25-18-8-7-17-24-16-6-5-11-22(24)19-21-9-3-2-4-10-21/h2-4,9-10,12-15,22H,5-8,11,16-19H2,1H3. The molecule has 0 aromatic heterocycles. The summed E-state index contributed by atoms with van der Waals surface area (Å²) in [6.45, 7) is 5.39. The zero-order chi connectivity index (χ0) is 17.3. The van der Waals surface area contributed by atoms with Crippen LogP contribution >= 0.6 is 0 Å². The maximum atomic E-state index is 5.85. The van der Waals surface area contributed by atoms with Crippen LogP contribution in [0.2, 0.25) is 0 Å². The minimum atomic E-state index is 0.717. The zero-order valence-corrected chi connectivity index (χ0v) is 15.5. The minimum absolute atomic E-state index is 0.717. The quantitative estimate of drug-likeness (QED) is 0.610. The van der Waals surface area contributed by atoms with Gasteiger partial charge in [-0.2, -0.15) is 0 Å². The van der Waals surface area contributed by atoms with Crippen LogP contribution < -0.4 is 4.74 Å². The number of benzene rings is 2. The first-order chi connectivity index (χ1) is 12.3. The van der Waals surface area contributed by atoms with E-state index in [1.165, 1.54) is 56.3 Å². The first-order valence-corrected chi connectivity index (χ1v) is 9.79. The van der Waals surface area contributed by atoms with Crippen molar-refractivity contribution in [2.24, 2.45) is 0 Å². The van der Waals surface area contributed by atoms with Crippen molar-refractivity contribution in [1.82, 2.24) is 4.90 Å². The largest absolute Gasteiger partial charge is 0.494 e. The van der Waals surface area contributed by atoms with Gasteiger partial charge in [0.2, 0.25) is 0 Å². The highest BCUT2D eigenvalue weighted by Gasteiger charge is 2.21. The molecule has 1 unspecified atom stereocenters. The highest BCUT2D eigenvalue weighted by Crippen LogP contribution is 2.21. The first kappa shape index (κ1) is 18.0. The van der Waals surface area contributed by atoms with Gasteiger partial charge < -0.3 is 9.64 Å². The van der Waals surface area contributed by atoms with Gasteiger partial charge in [-0.25, -0.2) is 0 Å². The molecule has 1 fully saturated rings. The average molecular weight is 338 g/mol. The fourth-order valence-electron chi connectivity index (χ4n) is 3.71. The first-order valence-electron chi connectivity index (χ1n) is 9.79. The molecule has 3 rings (SSSR count). The van der Waals surface area contributed by atoms with Crippen molar-refractivity contribution in [3.05, 3.63) is 65.7 Å². The van der Waals surface area contributed by atoms with Crippen molar-refractivity contribution < 1.29 is 4.74 Å². The third kappa shape index (κ3) is 5.89. The Morgan fingerprint density at radius 2 is 1.76 bits per heavy atom. The van der Waals surface area contributed by atoms with Gasteiger partial charge in [0.15, 0.2) is 0 Å². The van der Waals surface area contributed by atoms with Crippen molar-refractivity contribution in [2.45, 2.75) is 51.5 Å². The van der Waals surface area contributed by atoms with Crippen molar-refractivity contribution in [3.8, 4) is 5.75 Å². The number of hydrogen-bond acceptors (Lipinski definition) is 2. The van der Waals surface area contributed by atoms with Crippen LogP contribution in [0.25, 0.3) is 0 Å². The second-order valence-corrected chi connectivity index (χ2v) is 7.24. The number of hydrogen-bond donors (Lipinski definition) is 0. The number of likely N-dealkylation sites (tertiary alicyclic amines) is 1. The van der Waals surface area contributed by atoms with Gasteiger partial charge in [-0.3, -0.25) is 0 Å². The van der Waals surface area contributed by atoms with Gasteiger partial charge in [-0.15, -0.1) is 0 Å². The predicted octanol–water partition coefficient (Wildman–Crippen LogP) is 5.25. The fourth-order valence-corrected chi connectivity index (χ4v) is 3.71. The molecule has 0 amide bonds. The molecule has 1 aliphatic rings. The van der Waals surface area contributed by atoms with Crippen molar-refractivity contribution in [1.29, 1.82) is 0 Å². The maximum Gasteiger partial charge on any atom is 0.119 e. The van der Waals surface area contributed by atoms with Crippen LogP contribution in [0.4, 0.5) is 0 Å². The van der Waals surface area contributed by atoms with E-state index in [1.54, 1.807) is 0 Å². The minimum Gasteiger partial charge on any atom is -0.494 e. The zero-order valence-electron chi connectivity index (χ0n) is 15.5. The second kappa shape index (κ2) is 9.62. The number of piperidine rings is 1. The summed E-state index contributed by atoms with van der Waals surface area (Å²) in [6, 6.07) is 20.0. The Hall–Kier alpha value is -1.80. The van der Waals surface area contributed by atoms with E-state index in [0.29, 0.717) is 6.04 Å². The van der Waals surface area contributed by atoms with Crippen LogP contribution in [0.3, 0.4) is 0 Å². The van der Waals surface area contributed by atoms with Crippen LogP contribution in [-0.4, -0.2) is 30.6 Å². The number of nitrogens with zero attached hydrogens (tertiary/aromatic N) is 1. The summed E-state index contributed by atoms with van der Waals surface area (Å²) < 4.78 is 5.85. The Morgan fingerprint density at radius 3 is 2.56 bits per heavy atom. The lowest BCUT2D eigenvalue weighted by molar-refractivity contribution is 0.142. The number of aryl methyl sites for hydroxylation is 1. The molecule has 0 saturated carbocycles. The molecule has 0 spiro atoms. The van der Waals surface area contributed by atoms with E-state index in [1.807, 2.05) is 0 Å². The van der Waals surface area contributed by atoms with E-state index < -0.39 is 0 Å². The topological polar surface area (TPSA) is 12.5 Å². The van der Waals surface area contributed by atoms with Crippen molar-refractivity contribution in [3.63, 3.8) is 0 Å². The number of unbranched alkanes of at least 4 members (excludes halogenated alkanes) is 1. The molecule has 1 atom stereocenters. The van der Waals surface area contributed by atoms with Crippen molar-refractivity contribution >= 4 is 0 Å². The lowest BCUT2D eigenvalue weighted by atomic mass is 9.95. The third-order valence-corrected chi connectivity index (χ3v) is 5.19. The summed E-state index contributed by atoms with van der Waals surface area (Å²) in [5.41, 5.74) is 2.75. The molecular formula is C23H31NO. The summed E-state index contributed by atoms with van der Waals surface area (Å²) in [5, 5.41) is 0. The van der Waals surface area contributed by atoms with Crippen LogP contribution in [0.15, 0.2) is 54.6 Å². The van der Waals surface area contributed by atoms with Crippen LogP contribution in [0, 0.1) is 6.92 Å². The Balaban J connectivity index is 1.39. The van der Waals surface area contributed by atoms with E-state index >= 15 is 0 Å². The van der Waals surface area contributed by atoms with Gasteiger partial charge >= 0.3 is 0 Å². The smallest absolute Gasteiger partial charge is 0.119 e. The molecule has 25 heavy (non-hydrogen) atoms. The molecule has 134 valence electrons. The third-order valence-electron chi connectivity index (χ3n) is 5.19. The summed E-state index contributed by atoms with van der Waals surface area (Å²) in [4.78, 5) is 2.71. The van der Waals surface area contributed by atoms with E-state index in [-0.39, 0.29) is 0 Å². The lowest BCUT2D eigenvalue weighted by Crippen LogP contribution is -2.41. The molecule has 2 aromatic rings. The average Bonchev–Trinajstić information content (AvgIpc) is 2.65. The highest BCUT2D eigenvalue weighted by molar-refractivity contribution is 5.26. The van der Waals surface area contributed by atoms with Gasteiger partial charge in [-0.1, -0.05) is 54.4 Å². The van der Waals surface area contributed by atoms with Gasteiger partial charge in [0, 0.05) is 6.04 Å². The Kier molecular flexibility index (Phi) is 6.93. The predicted molar refractivity (Wildman–Crippen MR) is 105 cm³/mol. The molecule has 2 heteroatoms. The number of rotatable bonds is 8. The Bertz CT molecular complexity index is 608. The molecule has 0 radical (unpaired) electrons. The SMILES string of the molecule is Cc1ccc(OCCCCN2CCCCC2Cc2ccccc2)cc1. The molecule has 0 bridgehead atoms. The summed E-state index contributed by atoms with van der Waals surface area (Å²) in [7, 11) is 0. The van der Waals surface area contributed by atoms with Gasteiger partial charge in [0.25, 0.3) is 0 Å². The van der Waals surface area contributed by atoms with Crippen LogP contribution in [0.5, 0.6) is 5.75 Å². The van der Waals surface area contributed by atoms with Gasteiger partial charge in [0.05, 0.1) is 6.61 Å². The van der Waals surface area contributed by atoms with E-state index in [9.17, 15) is 0 Å². The molecule has 0 N–H and O–H groups in total. The molecular weight excluding hydrogens is 306 g/mol. The van der Waals surface area contributed by atoms with Crippen molar-refractivity contribution in [2.75, 3.05) is 19.7 Å². The highest BCUT2D eigenvalue weighted by atomic mass is 16.5. The maximum absolute atomic E-state index is 5.85. The molecule has 1 heterocycles. The van der Waals surface area contributed by atoms with Gasteiger partial charge in [0.1, 0.15) is 5.75 Å². The number of ether oxygens (including phenoxy) is 1. The van der Waals surface area contributed by atoms with Crippen LogP contribution in [-0.2, 0) is 6.42 Å². The molecule has 2 nitrogen and oxygen atoms in total. The second-order valence-electron chi connectivity index (χ2n) is 7.24. The fraction of sp³-hybridized carbons (Fsp3) is 0.478.